The number of aromatic nitrogens is 3. The van der Waals surface area contributed by atoms with Crippen molar-refractivity contribution in [2.24, 2.45) is 0 Å². The Bertz CT molecular complexity index is 446. The molecule has 0 saturated carbocycles. The summed E-state index contributed by atoms with van der Waals surface area (Å²) in [6, 6.07) is 0. The second-order valence-corrected chi connectivity index (χ2v) is 4.57. The van der Waals surface area contributed by atoms with Gasteiger partial charge in [0.15, 0.2) is 0 Å². The molecule has 0 unspecified atom stereocenters. The van der Waals surface area contributed by atoms with E-state index in [1.165, 1.54) is 10.6 Å². The van der Waals surface area contributed by atoms with Crippen molar-refractivity contribution >= 4 is 11.3 Å². The summed E-state index contributed by atoms with van der Waals surface area (Å²) in [4.78, 5) is 9.67. The maximum Gasteiger partial charge on any atom is 0.0948 e. The fourth-order valence-corrected chi connectivity index (χ4v) is 2.33. The van der Waals surface area contributed by atoms with Gasteiger partial charge in [-0.25, -0.2) is 9.97 Å². The number of hydrogen-bond donors (Lipinski definition) is 1. The topological polar surface area (TPSA) is 42.7 Å². The molecule has 0 radical (unpaired) electrons. The Morgan fingerprint density at radius 3 is 3.00 bits per heavy atom. The Balaban J connectivity index is 1.87. The summed E-state index contributed by atoms with van der Waals surface area (Å²) in [5.74, 6) is 0. The van der Waals surface area contributed by atoms with Gasteiger partial charge < -0.3 is 9.88 Å². The molecule has 86 valence electrons. The van der Waals surface area contributed by atoms with Crippen LogP contribution in [0.2, 0.25) is 0 Å². The number of thiazole rings is 1. The summed E-state index contributed by atoms with van der Waals surface area (Å²) in [5, 5.41) is 3.42. The molecule has 0 aliphatic rings. The van der Waals surface area contributed by atoms with E-state index in [2.05, 4.69) is 26.8 Å². The number of hydrogen-bond acceptors (Lipinski definition) is 4. The van der Waals surface area contributed by atoms with Gasteiger partial charge in [0.25, 0.3) is 0 Å². The molecule has 5 heteroatoms. The Morgan fingerprint density at radius 1 is 1.44 bits per heavy atom. The third-order valence-corrected chi connectivity index (χ3v) is 3.51. The number of rotatable bonds is 5. The Kier molecular flexibility index (Phi) is 3.69. The lowest BCUT2D eigenvalue weighted by atomic mass is 10.3. The predicted octanol–water partition coefficient (Wildman–Crippen LogP) is 1.96. The first-order chi connectivity index (χ1) is 7.81. The van der Waals surface area contributed by atoms with Crippen LogP contribution in [0.3, 0.4) is 0 Å². The van der Waals surface area contributed by atoms with E-state index in [4.69, 9.17) is 0 Å². The lowest BCUT2D eigenvalue weighted by molar-refractivity contribution is 0.630. The molecule has 0 bridgehead atoms. The average Bonchev–Trinajstić information content (AvgIpc) is 2.88. The van der Waals surface area contributed by atoms with Crippen LogP contribution in [0.4, 0.5) is 0 Å². The van der Waals surface area contributed by atoms with E-state index in [0.29, 0.717) is 0 Å². The first-order valence-corrected chi connectivity index (χ1v) is 6.28. The van der Waals surface area contributed by atoms with Gasteiger partial charge >= 0.3 is 0 Å². The van der Waals surface area contributed by atoms with Crippen molar-refractivity contribution in [2.75, 3.05) is 0 Å². The van der Waals surface area contributed by atoms with Crippen LogP contribution in [-0.4, -0.2) is 14.5 Å². The average molecular weight is 236 g/mol. The van der Waals surface area contributed by atoms with Gasteiger partial charge in [-0.1, -0.05) is 0 Å². The van der Waals surface area contributed by atoms with Crippen LogP contribution >= 0.6 is 11.3 Å². The van der Waals surface area contributed by atoms with Crippen molar-refractivity contribution < 1.29 is 0 Å². The van der Waals surface area contributed by atoms with E-state index in [1.807, 2.05) is 25.0 Å². The standard InChI is InChI=1S/C11H16N4S/c1-3-15-7-13-5-10(15)4-12-6-11-9(2)14-8-16-11/h5,7-8,12H,3-4,6H2,1-2H3. The lowest BCUT2D eigenvalue weighted by Crippen LogP contribution is -2.15. The molecule has 2 aromatic heterocycles. The summed E-state index contributed by atoms with van der Waals surface area (Å²) >= 11 is 1.70. The second kappa shape index (κ2) is 5.23. The van der Waals surface area contributed by atoms with E-state index < -0.39 is 0 Å². The van der Waals surface area contributed by atoms with Crippen LogP contribution in [0.1, 0.15) is 23.2 Å². The minimum absolute atomic E-state index is 0.852. The van der Waals surface area contributed by atoms with E-state index in [9.17, 15) is 0 Å². The molecule has 4 nitrogen and oxygen atoms in total. The smallest absolute Gasteiger partial charge is 0.0948 e. The zero-order valence-corrected chi connectivity index (χ0v) is 10.4. The highest BCUT2D eigenvalue weighted by atomic mass is 32.1. The fraction of sp³-hybridized carbons (Fsp3) is 0.455. The number of imidazole rings is 1. The van der Waals surface area contributed by atoms with Crippen LogP contribution in [-0.2, 0) is 19.6 Å². The molecule has 0 aromatic carbocycles. The van der Waals surface area contributed by atoms with Crippen LogP contribution in [0.25, 0.3) is 0 Å². The lowest BCUT2D eigenvalue weighted by Gasteiger charge is -2.06. The summed E-state index contributed by atoms with van der Waals surface area (Å²) < 4.78 is 2.15. The van der Waals surface area contributed by atoms with Crippen molar-refractivity contribution in [3.05, 3.63) is 34.3 Å². The summed E-state index contributed by atoms with van der Waals surface area (Å²) in [6.45, 7) is 6.87. The van der Waals surface area contributed by atoms with Crippen LogP contribution in [0, 0.1) is 6.92 Å². The van der Waals surface area contributed by atoms with E-state index in [-0.39, 0.29) is 0 Å². The number of aryl methyl sites for hydroxylation is 2. The highest BCUT2D eigenvalue weighted by Crippen LogP contribution is 2.11. The Hall–Kier alpha value is -1.20. The highest BCUT2D eigenvalue weighted by Gasteiger charge is 2.02. The van der Waals surface area contributed by atoms with Crippen LogP contribution in [0.15, 0.2) is 18.0 Å². The highest BCUT2D eigenvalue weighted by molar-refractivity contribution is 7.09. The molecule has 0 aliphatic carbocycles. The first kappa shape index (κ1) is 11.3. The molecular formula is C11H16N4S. The minimum Gasteiger partial charge on any atom is -0.334 e. The van der Waals surface area contributed by atoms with E-state index in [1.54, 1.807) is 11.3 Å². The van der Waals surface area contributed by atoms with Gasteiger partial charge in [0.05, 0.1) is 23.2 Å². The van der Waals surface area contributed by atoms with Gasteiger partial charge in [0.2, 0.25) is 0 Å². The van der Waals surface area contributed by atoms with Gasteiger partial charge in [-0.3, -0.25) is 0 Å². The molecule has 16 heavy (non-hydrogen) atoms. The minimum atomic E-state index is 0.852. The quantitative estimate of drug-likeness (QED) is 0.863. The van der Waals surface area contributed by atoms with Crippen LogP contribution < -0.4 is 5.32 Å². The number of nitrogens with zero attached hydrogens (tertiary/aromatic N) is 3. The molecule has 0 amide bonds. The van der Waals surface area contributed by atoms with Gasteiger partial charge in [0, 0.05) is 30.7 Å². The SMILES string of the molecule is CCn1cncc1CNCc1scnc1C. The van der Waals surface area contributed by atoms with Crippen molar-refractivity contribution in [3.8, 4) is 0 Å². The third kappa shape index (κ3) is 2.48. The zero-order valence-electron chi connectivity index (χ0n) is 9.60. The molecule has 2 heterocycles. The summed E-state index contributed by atoms with van der Waals surface area (Å²) in [6.07, 6.45) is 3.78. The molecule has 0 aliphatic heterocycles. The fourth-order valence-electron chi connectivity index (χ4n) is 1.58. The first-order valence-electron chi connectivity index (χ1n) is 5.40. The number of nitrogens with one attached hydrogen (secondary N) is 1. The molecule has 2 rings (SSSR count). The Morgan fingerprint density at radius 2 is 2.31 bits per heavy atom. The Labute approximate surface area is 99.4 Å². The largest absolute Gasteiger partial charge is 0.334 e. The molecular weight excluding hydrogens is 220 g/mol. The molecule has 0 atom stereocenters. The maximum atomic E-state index is 4.23. The predicted molar refractivity (Wildman–Crippen MR) is 65.3 cm³/mol. The van der Waals surface area contributed by atoms with Gasteiger partial charge in [-0.2, -0.15) is 0 Å². The van der Waals surface area contributed by atoms with Crippen molar-refractivity contribution in [1.82, 2.24) is 19.9 Å². The van der Waals surface area contributed by atoms with Crippen molar-refractivity contribution in [2.45, 2.75) is 33.5 Å². The summed E-state index contributed by atoms with van der Waals surface area (Å²) in [7, 11) is 0. The molecule has 2 aromatic rings. The zero-order chi connectivity index (χ0) is 11.4. The van der Waals surface area contributed by atoms with E-state index >= 15 is 0 Å². The summed E-state index contributed by atoms with van der Waals surface area (Å²) in [5.41, 5.74) is 4.24. The van der Waals surface area contributed by atoms with Gasteiger partial charge in [-0.05, 0) is 13.8 Å². The van der Waals surface area contributed by atoms with Crippen LogP contribution in [0.5, 0.6) is 0 Å². The normalized spacial score (nSPS) is 10.9. The monoisotopic (exact) mass is 236 g/mol. The maximum absolute atomic E-state index is 4.23. The second-order valence-electron chi connectivity index (χ2n) is 3.64. The third-order valence-electron chi connectivity index (χ3n) is 2.58. The molecule has 0 spiro atoms. The molecule has 0 fully saturated rings. The van der Waals surface area contributed by atoms with Gasteiger partial charge in [0.1, 0.15) is 0 Å². The molecule has 1 N–H and O–H groups in total. The van der Waals surface area contributed by atoms with E-state index in [0.717, 1.165) is 25.3 Å². The van der Waals surface area contributed by atoms with Gasteiger partial charge in [-0.15, -0.1) is 11.3 Å². The molecule has 0 saturated heterocycles. The van der Waals surface area contributed by atoms with Crippen molar-refractivity contribution in [1.29, 1.82) is 0 Å². The van der Waals surface area contributed by atoms with Crippen molar-refractivity contribution in [3.63, 3.8) is 0 Å².